The highest BCUT2D eigenvalue weighted by Crippen LogP contribution is 2.16. The molecule has 2 unspecified atom stereocenters. The van der Waals surface area contributed by atoms with Crippen molar-refractivity contribution in [3.63, 3.8) is 0 Å². The third-order valence-electron chi connectivity index (χ3n) is 4.42. The summed E-state index contributed by atoms with van der Waals surface area (Å²) in [4.78, 5) is 18.7. The normalized spacial score (nSPS) is 18.8. The van der Waals surface area contributed by atoms with Gasteiger partial charge in [0.25, 0.3) is 0 Å². The van der Waals surface area contributed by atoms with E-state index in [9.17, 15) is 9.90 Å². The Hall–Kier alpha value is -1.63. The van der Waals surface area contributed by atoms with E-state index in [0.717, 1.165) is 38.3 Å². The zero-order valence-electron chi connectivity index (χ0n) is 15.0. The molecule has 1 aliphatic heterocycles. The highest BCUT2D eigenvalue weighted by atomic mass is 16.3. The van der Waals surface area contributed by atoms with Crippen molar-refractivity contribution < 1.29 is 9.90 Å². The summed E-state index contributed by atoms with van der Waals surface area (Å²) in [6.07, 6.45) is -0.534. The molecule has 0 aliphatic carbocycles. The largest absolute Gasteiger partial charge is 0.392 e. The maximum atomic E-state index is 12.4. The van der Waals surface area contributed by atoms with E-state index in [0.29, 0.717) is 6.54 Å². The molecule has 0 saturated carbocycles. The molecule has 0 radical (unpaired) electrons. The molecule has 2 amide bonds. The van der Waals surface area contributed by atoms with E-state index in [1.54, 1.807) is 14.0 Å². The van der Waals surface area contributed by atoms with Gasteiger partial charge in [-0.15, -0.1) is 0 Å². The van der Waals surface area contributed by atoms with Crippen molar-refractivity contribution in [2.24, 2.45) is 0 Å². The molecule has 1 aromatic carbocycles. The van der Waals surface area contributed by atoms with Crippen LogP contribution in [0, 0.1) is 0 Å². The van der Waals surface area contributed by atoms with E-state index in [-0.39, 0.29) is 12.1 Å². The molecule has 1 aliphatic rings. The summed E-state index contributed by atoms with van der Waals surface area (Å²) >= 11 is 0. The zero-order valence-corrected chi connectivity index (χ0v) is 15.0. The molecule has 1 heterocycles. The first-order chi connectivity index (χ1) is 11.5. The minimum atomic E-state index is -0.534. The van der Waals surface area contributed by atoms with Crippen LogP contribution in [-0.4, -0.2) is 85.3 Å². The Balaban J connectivity index is 2.02. The lowest BCUT2D eigenvalue weighted by atomic mass is 10.1. The van der Waals surface area contributed by atoms with Crippen LogP contribution < -0.4 is 5.32 Å². The molecule has 0 aromatic heterocycles. The van der Waals surface area contributed by atoms with Gasteiger partial charge in [-0.25, -0.2) is 4.79 Å². The summed E-state index contributed by atoms with van der Waals surface area (Å²) in [6, 6.07) is 9.87. The molecule has 6 heteroatoms. The zero-order chi connectivity index (χ0) is 17.5. The maximum Gasteiger partial charge on any atom is 0.317 e. The van der Waals surface area contributed by atoms with Crippen LogP contribution in [0.1, 0.15) is 18.5 Å². The number of hydrogen-bond acceptors (Lipinski definition) is 4. The minimum Gasteiger partial charge on any atom is -0.392 e. The van der Waals surface area contributed by atoms with Crippen LogP contribution in [0.15, 0.2) is 30.3 Å². The number of benzene rings is 1. The molecular weight excluding hydrogens is 304 g/mol. The number of nitrogens with one attached hydrogen (secondary N) is 1. The van der Waals surface area contributed by atoms with Crippen molar-refractivity contribution in [2.75, 3.05) is 53.4 Å². The topological polar surface area (TPSA) is 59.1 Å². The van der Waals surface area contributed by atoms with E-state index >= 15 is 0 Å². The number of carbonyl (C=O) groups is 1. The Morgan fingerprint density at radius 3 is 2.46 bits per heavy atom. The Morgan fingerprint density at radius 1 is 1.25 bits per heavy atom. The second-order valence-corrected chi connectivity index (χ2v) is 6.75. The van der Waals surface area contributed by atoms with Crippen molar-refractivity contribution in [1.82, 2.24) is 20.0 Å². The Kier molecular flexibility index (Phi) is 7.02. The standard InChI is InChI=1S/C18H30N4O2/c1-15(23)13-21(3)18(24)19-17(16-7-5-4-6-8-16)14-22-11-9-20(2)10-12-22/h4-8,15,17,23H,9-14H2,1-3H3,(H,19,24). The first-order valence-corrected chi connectivity index (χ1v) is 8.61. The highest BCUT2D eigenvalue weighted by molar-refractivity contribution is 5.74. The number of rotatable bonds is 6. The van der Waals surface area contributed by atoms with Crippen LogP contribution in [0.2, 0.25) is 0 Å². The fourth-order valence-electron chi connectivity index (χ4n) is 2.95. The summed E-state index contributed by atoms with van der Waals surface area (Å²) < 4.78 is 0. The first kappa shape index (κ1) is 18.7. The number of likely N-dealkylation sites (N-methyl/N-ethyl adjacent to an activating group) is 2. The van der Waals surface area contributed by atoms with Crippen molar-refractivity contribution in [3.8, 4) is 0 Å². The van der Waals surface area contributed by atoms with E-state index in [1.165, 1.54) is 4.90 Å². The lowest BCUT2D eigenvalue weighted by Gasteiger charge is -2.35. The van der Waals surface area contributed by atoms with Crippen molar-refractivity contribution in [1.29, 1.82) is 0 Å². The monoisotopic (exact) mass is 334 g/mol. The maximum absolute atomic E-state index is 12.4. The number of nitrogens with zero attached hydrogens (tertiary/aromatic N) is 3. The van der Waals surface area contributed by atoms with Crippen LogP contribution >= 0.6 is 0 Å². The molecule has 1 aromatic rings. The molecule has 0 bridgehead atoms. The molecule has 24 heavy (non-hydrogen) atoms. The van der Waals surface area contributed by atoms with Gasteiger partial charge in [0, 0.05) is 46.3 Å². The van der Waals surface area contributed by atoms with Crippen molar-refractivity contribution >= 4 is 6.03 Å². The number of urea groups is 1. The average molecular weight is 334 g/mol. The molecule has 6 nitrogen and oxygen atoms in total. The summed E-state index contributed by atoms with van der Waals surface area (Å²) in [6.45, 7) is 6.93. The van der Waals surface area contributed by atoms with E-state index in [2.05, 4.69) is 34.3 Å². The number of aliphatic hydroxyl groups is 1. The molecule has 2 rings (SSSR count). The van der Waals surface area contributed by atoms with Crippen LogP contribution in [0.5, 0.6) is 0 Å². The lowest BCUT2D eigenvalue weighted by Crippen LogP contribution is -2.49. The van der Waals surface area contributed by atoms with Crippen LogP contribution in [0.3, 0.4) is 0 Å². The van der Waals surface area contributed by atoms with Crippen LogP contribution in [-0.2, 0) is 0 Å². The summed E-state index contributed by atoms with van der Waals surface area (Å²) in [7, 11) is 3.85. The summed E-state index contributed by atoms with van der Waals surface area (Å²) in [5.41, 5.74) is 1.11. The quantitative estimate of drug-likeness (QED) is 0.815. The SMILES string of the molecule is CC(O)CN(C)C(=O)NC(CN1CCN(C)CC1)c1ccccc1. The average Bonchev–Trinajstić information content (AvgIpc) is 2.56. The molecule has 0 spiro atoms. The van der Waals surface area contributed by atoms with Crippen molar-refractivity contribution in [3.05, 3.63) is 35.9 Å². The van der Waals surface area contributed by atoms with Gasteiger partial charge in [0.05, 0.1) is 12.1 Å². The molecule has 1 fully saturated rings. The molecule has 2 atom stereocenters. The smallest absolute Gasteiger partial charge is 0.317 e. The molecule has 1 saturated heterocycles. The Labute approximate surface area is 145 Å². The number of carbonyl (C=O) groups excluding carboxylic acids is 1. The predicted molar refractivity (Wildman–Crippen MR) is 96.0 cm³/mol. The van der Waals surface area contributed by atoms with E-state index < -0.39 is 6.10 Å². The van der Waals surface area contributed by atoms with Gasteiger partial charge in [0.15, 0.2) is 0 Å². The number of amides is 2. The number of piperazine rings is 1. The summed E-state index contributed by atoms with van der Waals surface area (Å²) in [5.74, 6) is 0. The van der Waals surface area contributed by atoms with Gasteiger partial charge in [0.1, 0.15) is 0 Å². The first-order valence-electron chi connectivity index (χ1n) is 8.61. The fraction of sp³-hybridized carbons (Fsp3) is 0.611. The predicted octanol–water partition coefficient (Wildman–Crippen LogP) is 0.997. The van der Waals surface area contributed by atoms with Crippen LogP contribution in [0.4, 0.5) is 4.79 Å². The highest BCUT2D eigenvalue weighted by Gasteiger charge is 2.22. The third kappa shape index (κ3) is 5.78. The van der Waals surface area contributed by atoms with Crippen molar-refractivity contribution in [2.45, 2.75) is 19.1 Å². The van der Waals surface area contributed by atoms with Crippen LogP contribution in [0.25, 0.3) is 0 Å². The second kappa shape index (κ2) is 9.01. The molecule has 134 valence electrons. The van der Waals surface area contributed by atoms with Gasteiger partial charge in [-0.3, -0.25) is 4.90 Å². The van der Waals surface area contributed by atoms with E-state index in [4.69, 9.17) is 0 Å². The van der Waals surface area contributed by atoms with Gasteiger partial charge < -0.3 is 20.2 Å². The third-order valence-corrected chi connectivity index (χ3v) is 4.42. The lowest BCUT2D eigenvalue weighted by molar-refractivity contribution is 0.130. The van der Waals surface area contributed by atoms with Gasteiger partial charge in [-0.05, 0) is 19.5 Å². The molecular formula is C18H30N4O2. The van der Waals surface area contributed by atoms with Gasteiger partial charge >= 0.3 is 6.03 Å². The summed E-state index contributed by atoms with van der Waals surface area (Å²) in [5, 5.41) is 12.6. The van der Waals surface area contributed by atoms with Gasteiger partial charge in [-0.1, -0.05) is 30.3 Å². The number of aliphatic hydroxyl groups excluding tert-OH is 1. The van der Waals surface area contributed by atoms with Gasteiger partial charge in [0.2, 0.25) is 0 Å². The van der Waals surface area contributed by atoms with E-state index in [1.807, 2.05) is 18.2 Å². The Morgan fingerprint density at radius 2 is 1.88 bits per heavy atom. The number of hydrogen-bond donors (Lipinski definition) is 2. The fourth-order valence-corrected chi connectivity index (χ4v) is 2.95. The minimum absolute atomic E-state index is 0.0569. The second-order valence-electron chi connectivity index (χ2n) is 6.75. The molecule has 2 N–H and O–H groups in total. The van der Waals surface area contributed by atoms with Gasteiger partial charge in [-0.2, -0.15) is 0 Å². The Bertz CT molecular complexity index is 501.